The number of imidazole rings is 1. The average Bonchev–Trinajstić information content (AvgIpc) is 3.35. The van der Waals surface area contributed by atoms with E-state index in [1.807, 2.05) is 60.8 Å². The van der Waals surface area contributed by atoms with E-state index in [9.17, 15) is 13.2 Å². The summed E-state index contributed by atoms with van der Waals surface area (Å²) in [6.07, 6.45) is 4.32. The van der Waals surface area contributed by atoms with Gasteiger partial charge in [0.25, 0.3) is 0 Å². The summed E-state index contributed by atoms with van der Waals surface area (Å²) in [5.74, 6) is -0.0750. The molecule has 0 spiro atoms. The number of hydrogen-bond donors (Lipinski definition) is 1. The van der Waals surface area contributed by atoms with Gasteiger partial charge in [0.1, 0.15) is 11.6 Å². The van der Waals surface area contributed by atoms with Crippen molar-refractivity contribution >= 4 is 27.3 Å². The number of fused-ring (bicyclic) bond motifs is 1. The molecular weight excluding hydrogens is 494 g/mol. The molecule has 0 radical (unpaired) electrons. The van der Waals surface area contributed by atoms with Crippen LogP contribution in [0.4, 0.5) is 0 Å². The van der Waals surface area contributed by atoms with Gasteiger partial charge in [-0.25, -0.2) is 13.4 Å². The van der Waals surface area contributed by atoms with Gasteiger partial charge in [-0.05, 0) is 52.8 Å². The number of aromatic amines is 1. The molecular formula is C28H26ClN3O3S. The van der Waals surface area contributed by atoms with E-state index in [1.54, 1.807) is 4.90 Å². The largest absolute Gasteiger partial charge is 0.338 e. The molecule has 0 fully saturated rings. The number of carbonyl (C=O) groups excluding carboxylic acids is 1. The molecule has 8 heteroatoms. The number of sulfone groups is 1. The van der Waals surface area contributed by atoms with E-state index >= 15 is 0 Å². The van der Waals surface area contributed by atoms with Gasteiger partial charge in [0.15, 0.2) is 9.84 Å². The van der Waals surface area contributed by atoms with Crippen molar-refractivity contribution in [2.24, 2.45) is 0 Å². The maximum Gasteiger partial charge on any atom is 0.238 e. The van der Waals surface area contributed by atoms with Crippen molar-refractivity contribution in [1.82, 2.24) is 14.9 Å². The second-order valence-corrected chi connectivity index (χ2v) is 11.7. The molecule has 0 saturated heterocycles. The number of nitrogens with one attached hydrogen (secondary N) is 1. The molecule has 1 amide bonds. The Morgan fingerprint density at radius 2 is 1.89 bits per heavy atom. The van der Waals surface area contributed by atoms with Crippen molar-refractivity contribution < 1.29 is 13.2 Å². The number of H-pyrrole nitrogens is 1. The minimum atomic E-state index is -3.35. The van der Waals surface area contributed by atoms with Crippen LogP contribution in [0.15, 0.2) is 72.9 Å². The van der Waals surface area contributed by atoms with Crippen LogP contribution >= 0.6 is 11.6 Å². The molecule has 6 nitrogen and oxygen atoms in total. The van der Waals surface area contributed by atoms with Crippen molar-refractivity contribution in [3.05, 3.63) is 100 Å². The lowest BCUT2D eigenvalue weighted by Gasteiger charge is -2.30. The lowest BCUT2D eigenvalue weighted by Crippen LogP contribution is -2.39. The monoisotopic (exact) mass is 519 g/mol. The zero-order chi connectivity index (χ0) is 25.3. The van der Waals surface area contributed by atoms with Crippen LogP contribution in [0.5, 0.6) is 0 Å². The third kappa shape index (κ3) is 5.37. The fraction of sp³-hybridized carbons (Fsp3) is 0.214. The van der Waals surface area contributed by atoms with E-state index in [0.29, 0.717) is 24.5 Å². The molecule has 36 heavy (non-hydrogen) atoms. The summed E-state index contributed by atoms with van der Waals surface area (Å²) in [4.78, 5) is 22.0. The van der Waals surface area contributed by atoms with Gasteiger partial charge in [-0.15, -0.1) is 0 Å². The Labute approximate surface area is 215 Å². The summed E-state index contributed by atoms with van der Waals surface area (Å²) in [6, 6.07) is 22.1. The molecule has 4 aromatic rings. The van der Waals surface area contributed by atoms with Crippen LogP contribution in [-0.4, -0.2) is 47.7 Å². The van der Waals surface area contributed by atoms with E-state index in [4.69, 9.17) is 11.6 Å². The van der Waals surface area contributed by atoms with Crippen LogP contribution < -0.4 is 0 Å². The van der Waals surface area contributed by atoms with Crippen LogP contribution in [0.1, 0.15) is 22.3 Å². The number of aromatic nitrogens is 2. The quantitative estimate of drug-likeness (QED) is 0.392. The number of nitrogens with zero attached hydrogens (tertiary/aromatic N) is 2. The predicted octanol–water partition coefficient (Wildman–Crippen LogP) is 4.92. The van der Waals surface area contributed by atoms with Gasteiger partial charge in [0.05, 0.1) is 16.9 Å². The Kier molecular flexibility index (Phi) is 6.69. The molecule has 3 aromatic carbocycles. The Hall–Kier alpha value is -3.42. The molecule has 0 bridgehead atoms. The number of halogens is 1. The molecule has 2 heterocycles. The minimum Gasteiger partial charge on any atom is -0.338 e. The molecule has 1 aliphatic heterocycles. The summed E-state index contributed by atoms with van der Waals surface area (Å²) < 4.78 is 23.1. The first kappa shape index (κ1) is 24.3. The molecule has 0 saturated carbocycles. The summed E-state index contributed by atoms with van der Waals surface area (Å²) in [6.45, 7) is 0.941. The molecule has 1 aliphatic rings. The van der Waals surface area contributed by atoms with Crippen LogP contribution in [0, 0.1) is 0 Å². The van der Waals surface area contributed by atoms with E-state index in [-0.39, 0.29) is 5.91 Å². The topological polar surface area (TPSA) is 83.1 Å². The number of amides is 1. The highest BCUT2D eigenvalue weighted by atomic mass is 35.5. The van der Waals surface area contributed by atoms with Crippen molar-refractivity contribution in [3.63, 3.8) is 0 Å². The second-order valence-electron chi connectivity index (χ2n) is 9.19. The summed E-state index contributed by atoms with van der Waals surface area (Å²) in [5, 5.41) is 0.628. The van der Waals surface area contributed by atoms with Gasteiger partial charge in [-0.1, -0.05) is 66.2 Å². The van der Waals surface area contributed by atoms with E-state index in [0.717, 1.165) is 46.4 Å². The first-order chi connectivity index (χ1) is 17.3. The SMILES string of the molecule is CS(=O)(=O)CC(=O)N1CCc2c(Cc3ccc(Cl)c(-c4ncc(-c5ccccc5)[nH]4)c3)cccc2C1. The molecule has 1 aromatic heterocycles. The molecule has 5 rings (SSSR count). The maximum absolute atomic E-state index is 12.4. The lowest BCUT2D eigenvalue weighted by atomic mass is 9.90. The standard InChI is InChI=1S/C28H26ClN3O3S/c1-36(34,35)18-27(33)32-13-12-23-21(8-5-9-22(23)17-32)14-19-10-11-25(29)24(15-19)28-30-16-26(31-28)20-6-3-2-4-7-20/h2-11,15-16H,12-14,17-18H2,1H3,(H,30,31). The van der Waals surface area contributed by atoms with Crippen molar-refractivity contribution in [3.8, 4) is 22.6 Å². The Balaban J connectivity index is 1.37. The zero-order valence-electron chi connectivity index (χ0n) is 19.9. The fourth-order valence-electron chi connectivity index (χ4n) is 4.69. The van der Waals surface area contributed by atoms with Crippen molar-refractivity contribution in [2.45, 2.75) is 19.4 Å². The molecule has 1 N–H and O–H groups in total. The van der Waals surface area contributed by atoms with Crippen LogP contribution in [0.3, 0.4) is 0 Å². The number of hydrogen-bond acceptors (Lipinski definition) is 4. The number of carbonyl (C=O) groups is 1. The van der Waals surface area contributed by atoms with Crippen LogP contribution in [-0.2, 0) is 34.0 Å². The first-order valence-electron chi connectivity index (χ1n) is 11.7. The third-order valence-electron chi connectivity index (χ3n) is 6.44. The van der Waals surface area contributed by atoms with E-state index in [1.165, 1.54) is 11.1 Å². The van der Waals surface area contributed by atoms with E-state index in [2.05, 4.69) is 22.1 Å². The van der Waals surface area contributed by atoms with Gasteiger partial charge in [0.2, 0.25) is 5.91 Å². The summed E-state index contributed by atoms with van der Waals surface area (Å²) >= 11 is 6.56. The molecule has 0 atom stereocenters. The van der Waals surface area contributed by atoms with Crippen molar-refractivity contribution in [2.75, 3.05) is 18.6 Å². The fourth-order valence-corrected chi connectivity index (χ4v) is 5.53. The summed E-state index contributed by atoms with van der Waals surface area (Å²) in [5.41, 5.74) is 7.42. The number of rotatable bonds is 6. The smallest absolute Gasteiger partial charge is 0.238 e. The highest BCUT2D eigenvalue weighted by Crippen LogP contribution is 2.31. The Morgan fingerprint density at radius 3 is 2.67 bits per heavy atom. The van der Waals surface area contributed by atoms with E-state index < -0.39 is 15.6 Å². The third-order valence-corrected chi connectivity index (χ3v) is 7.54. The Bertz CT molecular complexity index is 1530. The van der Waals surface area contributed by atoms with Crippen LogP contribution in [0.25, 0.3) is 22.6 Å². The molecule has 184 valence electrons. The molecule has 0 aliphatic carbocycles. The van der Waals surface area contributed by atoms with Crippen LogP contribution in [0.2, 0.25) is 5.02 Å². The van der Waals surface area contributed by atoms with Crippen molar-refractivity contribution in [1.29, 1.82) is 0 Å². The highest BCUT2D eigenvalue weighted by molar-refractivity contribution is 7.91. The summed E-state index contributed by atoms with van der Waals surface area (Å²) in [7, 11) is -3.35. The zero-order valence-corrected chi connectivity index (χ0v) is 21.4. The number of benzene rings is 3. The molecule has 0 unspecified atom stereocenters. The second kappa shape index (κ2) is 9.91. The predicted molar refractivity (Wildman–Crippen MR) is 143 cm³/mol. The Morgan fingerprint density at radius 1 is 1.08 bits per heavy atom. The highest BCUT2D eigenvalue weighted by Gasteiger charge is 2.24. The van der Waals surface area contributed by atoms with Gasteiger partial charge in [-0.3, -0.25) is 4.79 Å². The normalized spacial score (nSPS) is 13.4. The van der Waals surface area contributed by atoms with Gasteiger partial charge < -0.3 is 9.88 Å². The lowest BCUT2D eigenvalue weighted by molar-refractivity contribution is -0.129. The maximum atomic E-state index is 12.4. The average molecular weight is 520 g/mol. The first-order valence-corrected chi connectivity index (χ1v) is 14.1. The van der Waals surface area contributed by atoms with Gasteiger partial charge in [0, 0.05) is 24.9 Å². The van der Waals surface area contributed by atoms with Gasteiger partial charge >= 0.3 is 0 Å². The minimum absolute atomic E-state index is 0.343. The van der Waals surface area contributed by atoms with Gasteiger partial charge in [-0.2, -0.15) is 0 Å².